The number of alkyl halides is 1. The summed E-state index contributed by atoms with van der Waals surface area (Å²) in [5, 5.41) is 0.730. The van der Waals surface area contributed by atoms with Gasteiger partial charge < -0.3 is 0 Å². The minimum absolute atomic E-state index is 0.0519. The summed E-state index contributed by atoms with van der Waals surface area (Å²) in [7, 11) is 0. The Morgan fingerprint density at radius 2 is 1.55 bits per heavy atom. The van der Waals surface area contributed by atoms with Gasteiger partial charge in [-0.25, -0.2) is 0 Å². The highest BCUT2D eigenvalue weighted by atomic mass is 35.5. The average molecular weight is 307 g/mol. The number of rotatable bonds is 3. The molecule has 0 aliphatic rings. The van der Waals surface area contributed by atoms with Gasteiger partial charge in [-0.2, -0.15) is 0 Å². The van der Waals surface area contributed by atoms with Crippen molar-refractivity contribution >= 4 is 23.2 Å². The fourth-order valence-corrected chi connectivity index (χ4v) is 2.69. The molecule has 0 aromatic heterocycles. The maximum Gasteiger partial charge on any atom is 0.0626 e. The van der Waals surface area contributed by atoms with Gasteiger partial charge >= 0.3 is 0 Å². The molecule has 0 heterocycles. The van der Waals surface area contributed by atoms with Crippen molar-refractivity contribution in [3.8, 4) is 0 Å². The summed E-state index contributed by atoms with van der Waals surface area (Å²) in [4.78, 5) is 0. The van der Waals surface area contributed by atoms with Gasteiger partial charge in [0.25, 0.3) is 0 Å². The maximum atomic E-state index is 6.52. The van der Waals surface area contributed by atoms with E-state index in [-0.39, 0.29) is 10.8 Å². The van der Waals surface area contributed by atoms with E-state index in [0.29, 0.717) is 0 Å². The van der Waals surface area contributed by atoms with Crippen LogP contribution >= 0.6 is 23.2 Å². The Labute approximate surface area is 131 Å². The third-order valence-corrected chi connectivity index (χ3v) is 4.27. The lowest BCUT2D eigenvalue weighted by atomic mass is 9.86. The molecule has 0 aliphatic heterocycles. The van der Waals surface area contributed by atoms with E-state index in [4.69, 9.17) is 23.2 Å². The van der Waals surface area contributed by atoms with Crippen LogP contribution in [0.25, 0.3) is 0 Å². The zero-order valence-electron chi connectivity index (χ0n) is 12.2. The van der Waals surface area contributed by atoms with Crippen molar-refractivity contribution in [3.63, 3.8) is 0 Å². The Balaban J connectivity index is 2.14. The third-order valence-electron chi connectivity index (χ3n) is 3.50. The van der Waals surface area contributed by atoms with Crippen LogP contribution in [-0.2, 0) is 11.8 Å². The molecule has 0 fully saturated rings. The molecule has 2 aromatic carbocycles. The van der Waals surface area contributed by atoms with Crippen LogP contribution in [0.5, 0.6) is 0 Å². The predicted octanol–water partition coefficient (Wildman–Crippen LogP) is 6.16. The van der Waals surface area contributed by atoms with Crippen molar-refractivity contribution in [2.75, 3.05) is 0 Å². The van der Waals surface area contributed by atoms with Gasteiger partial charge in [-0.15, -0.1) is 11.6 Å². The minimum Gasteiger partial charge on any atom is -0.117 e. The Bertz CT molecular complexity index is 565. The van der Waals surface area contributed by atoms with Crippen molar-refractivity contribution < 1.29 is 0 Å². The van der Waals surface area contributed by atoms with Crippen molar-refractivity contribution in [1.82, 2.24) is 0 Å². The molecule has 0 amide bonds. The number of benzene rings is 2. The molecule has 1 unspecified atom stereocenters. The summed E-state index contributed by atoms with van der Waals surface area (Å²) in [6.45, 7) is 6.64. The van der Waals surface area contributed by atoms with Crippen LogP contribution in [-0.4, -0.2) is 0 Å². The van der Waals surface area contributed by atoms with Crippen LogP contribution in [0.1, 0.15) is 42.8 Å². The van der Waals surface area contributed by atoms with Gasteiger partial charge in [-0.05, 0) is 34.6 Å². The highest BCUT2D eigenvalue weighted by Crippen LogP contribution is 2.30. The van der Waals surface area contributed by atoms with Crippen molar-refractivity contribution in [3.05, 3.63) is 70.2 Å². The standard InChI is InChI=1S/C18H20Cl2/c1-18(2,3)15-10-8-13(9-11-15)17(20)12-14-6-4-5-7-16(14)19/h4-11,17H,12H2,1-3H3. The second kappa shape index (κ2) is 6.20. The lowest BCUT2D eigenvalue weighted by Gasteiger charge is -2.20. The highest BCUT2D eigenvalue weighted by molar-refractivity contribution is 6.31. The second-order valence-corrected chi connectivity index (χ2v) is 7.07. The van der Waals surface area contributed by atoms with Gasteiger partial charge in [0.2, 0.25) is 0 Å². The first-order valence-electron chi connectivity index (χ1n) is 6.86. The SMILES string of the molecule is CC(C)(C)c1ccc(C(Cl)Cc2ccccc2Cl)cc1. The van der Waals surface area contributed by atoms with E-state index >= 15 is 0 Å². The van der Waals surface area contributed by atoms with E-state index in [1.54, 1.807) is 0 Å². The molecule has 20 heavy (non-hydrogen) atoms. The van der Waals surface area contributed by atoms with Crippen LogP contribution in [0.3, 0.4) is 0 Å². The van der Waals surface area contributed by atoms with Gasteiger partial charge in [0, 0.05) is 5.02 Å². The summed E-state index contributed by atoms with van der Waals surface area (Å²) in [6, 6.07) is 16.4. The van der Waals surface area contributed by atoms with Crippen LogP contribution in [0.15, 0.2) is 48.5 Å². The first-order valence-corrected chi connectivity index (χ1v) is 7.67. The van der Waals surface area contributed by atoms with E-state index in [2.05, 4.69) is 45.0 Å². The zero-order valence-corrected chi connectivity index (χ0v) is 13.7. The first-order chi connectivity index (χ1) is 9.38. The maximum absolute atomic E-state index is 6.52. The largest absolute Gasteiger partial charge is 0.117 e. The van der Waals surface area contributed by atoms with Crippen molar-refractivity contribution in [1.29, 1.82) is 0 Å². The Morgan fingerprint density at radius 1 is 0.950 bits per heavy atom. The van der Waals surface area contributed by atoms with Gasteiger partial charge in [0.05, 0.1) is 5.38 Å². The van der Waals surface area contributed by atoms with Gasteiger partial charge in [-0.3, -0.25) is 0 Å². The van der Waals surface area contributed by atoms with E-state index in [0.717, 1.165) is 22.6 Å². The molecule has 0 radical (unpaired) electrons. The molecule has 2 heteroatoms. The fraction of sp³-hybridized carbons (Fsp3) is 0.333. The molecule has 0 saturated carbocycles. The fourth-order valence-electron chi connectivity index (χ4n) is 2.17. The molecule has 0 nitrogen and oxygen atoms in total. The summed E-state index contributed by atoms with van der Waals surface area (Å²) < 4.78 is 0. The molecular weight excluding hydrogens is 287 g/mol. The van der Waals surface area contributed by atoms with Crippen molar-refractivity contribution in [2.24, 2.45) is 0 Å². The Hall–Kier alpha value is -0.980. The molecule has 2 aromatic rings. The van der Waals surface area contributed by atoms with E-state index in [9.17, 15) is 0 Å². The highest BCUT2D eigenvalue weighted by Gasteiger charge is 2.15. The minimum atomic E-state index is -0.0519. The molecule has 0 spiro atoms. The Morgan fingerprint density at radius 3 is 2.10 bits per heavy atom. The molecule has 0 bridgehead atoms. The van der Waals surface area contributed by atoms with Crippen molar-refractivity contribution in [2.45, 2.75) is 38.0 Å². The molecule has 0 saturated heterocycles. The van der Waals surface area contributed by atoms with Crippen LogP contribution in [0.2, 0.25) is 5.02 Å². The lowest BCUT2D eigenvalue weighted by molar-refractivity contribution is 0.590. The second-order valence-electron chi connectivity index (χ2n) is 6.14. The van der Waals surface area contributed by atoms with Gasteiger partial charge in [0.1, 0.15) is 0 Å². The molecule has 106 valence electrons. The quantitative estimate of drug-likeness (QED) is 0.596. The molecule has 2 rings (SSSR count). The monoisotopic (exact) mass is 306 g/mol. The van der Waals surface area contributed by atoms with Crippen LogP contribution in [0.4, 0.5) is 0 Å². The average Bonchev–Trinajstić information content (AvgIpc) is 2.40. The molecule has 0 aliphatic carbocycles. The number of halogens is 2. The van der Waals surface area contributed by atoms with E-state index in [1.165, 1.54) is 5.56 Å². The summed E-state index contributed by atoms with van der Waals surface area (Å²) in [5.41, 5.74) is 3.72. The Kier molecular flexibility index (Phi) is 4.78. The van der Waals surface area contributed by atoms with E-state index < -0.39 is 0 Å². The topological polar surface area (TPSA) is 0 Å². The summed E-state index contributed by atoms with van der Waals surface area (Å²) >= 11 is 12.7. The van der Waals surface area contributed by atoms with E-state index in [1.807, 2.05) is 24.3 Å². The van der Waals surface area contributed by atoms with Crippen LogP contribution in [0, 0.1) is 0 Å². The molecule has 0 N–H and O–H groups in total. The predicted molar refractivity (Wildman–Crippen MR) is 88.9 cm³/mol. The van der Waals surface area contributed by atoms with Gasteiger partial charge in [0.15, 0.2) is 0 Å². The summed E-state index contributed by atoms with van der Waals surface area (Å²) in [5.74, 6) is 0. The summed E-state index contributed by atoms with van der Waals surface area (Å²) in [6.07, 6.45) is 0.746. The van der Waals surface area contributed by atoms with Crippen LogP contribution < -0.4 is 0 Å². The molecule has 1 atom stereocenters. The normalized spacial score (nSPS) is 13.2. The third kappa shape index (κ3) is 3.77. The smallest absolute Gasteiger partial charge is 0.0626 e. The first kappa shape index (κ1) is 15.4. The zero-order chi connectivity index (χ0) is 14.8. The molecular formula is C18H20Cl2. The lowest BCUT2D eigenvalue weighted by Crippen LogP contribution is -2.10. The van der Waals surface area contributed by atoms with Gasteiger partial charge in [-0.1, -0.05) is 74.8 Å². The number of hydrogen-bond donors (Lipinski definition) is 0. The number of hydrogen-bond acceptors (Lipinski definition) is 0.